The maximum Gasteiger partial charge on any atom is 0.345 e. The number of rotatable bonds is 6. The standard InChI is InChI=1S/C18H20N2O6S.C5H11NO/c1-4-24-12-7-9(5-6-11(12)21)13(10(8-19)15(20)27)14-16(22)25-18(2,3)26-17(14)23;1-6-2-4-7-5-3-6/h5-7,10,13,21-22H,4H2,1-3H3,(H2,20,27);2-5H2,1H3. The number of benzene rings is 1. The molecule has 2 atom stereocenters. The molecule has 0 bridgehead atoms. The van der Waals surface area contributed by atoms with Crippen molar-refractivity contribution in [2.75, 3.05) is 40.0 Å². The Kier molecular flexibility index (Phi) is 9.49. The predicted molar refractivity (Wildman–Crippen MR) is 125 cm³/mol. The topological polar surface area (TPSA) is 147 Å². The van der Waals surface area contributed by atoms with Crippen molar-refractivity contribution in [2.45, 2.75) is 32.5 Å². The third kappa shape index (κ3) is 6.96. The second-order valence-electron chi connectivity index (χ2n) is 8.29. The number of aliphatic hydroxyl groups excluding tert-OH is 1. The van der Waals surface area contributed by atoms with Gasteiger partial charge < -0.3 is 52.1 Å². The van der Waals surface area contributed by atoms with E-state index in [2.05, 4.69) is 7.05 Å². The number of hydrogen-bond acceptors (Lipinski definition) is 10. The molecule has 2 aliphatic heterocycles. The molecular formula is C23H31N3O7S. The summed E-state index contributed by atoms with van der Waals surface area (Å²) >= 11 is 4.86. The van der Waals surface area contributed by atoms with Crippen LogP contribution in [0.4, 0.5) is 0 Å². The van der Waals surface area contributed by atoms with Crippen molar-refractivity contribution in [2.24, 2.45) is 5.92 Å². The minimum atomic E-state index is -1.38. The van der Waals surface area contributed by atoms with Crippen molar-refractivity contribution in [3.05, 3.63) is 35.3 Å². The van der Waals surface area contributed by atoms with Crippen molar-refractivity contribution in [1.29, 1.82) is 10.7 Å². The average molecular weight is 494 g/mol. The van der Waals surface area contributed by atoms with Crippen molar-refractivity contribution in [3.8, 4) is 17.6 Å². The van der Waals surface area contributed by atoms with E-state index in [1.165, 1.54) is 45.1 Å². The zero-order chi connectivity index (χ0) is 25.5. The summed E-state index contributed by atoms with van der Waals surface area (Å²) in [4.78, 5) is 14.1. The van der Waals surface area contributed by atoms with Gasteiger partial charge in [-0.15, -0.1) is 0 Å². The third-order valence-electron chi connectivity index (χ3n) is 5.19. The van der Waals surface area contributed by atoms with Gasteiger partial charge in [-0.2, -0.15) is 5.26 Å². The largest absolute Gasteiger partial charge is 0.764 e. The van der Waals surface area contributed by atoms with Crippen LogP contribution < -0.4 is 9.64 Å². The maximum atomic E-state index is 12.5. The van der Waals surface area contributed by atoms with Gasteiger partial charge in [0.2, 0.25) is 0 Å². The number of ether oxygens (including phenoxy) is 4. The number of carbonyl (C=O) groups is 1. The van der Waals surface area contributed by atoms with Crippen LogP contribution in [0, 0.1) is 22.7 Å². The highest BCUT2D eigenvalue weighted by atomic mass is 32.1. The highest BCUT2D eigenvalue weighted by molar-refractivity contribution is 7.77. The van der Waals surface area contributed by atoms with Crippen LogP contribution in [-0.4, -0.2) is 67.0 Å². The number of nitrogens with one attached hydrogen (secondary N) is 2. The van der Waals surface area contributed by atoms with Gasteiger partial charge in [0.1, 0.15) is 18.7 Å². The zero-order valence-corrected chi connectivity index (χ0v) is 20.5. The molecule has 186 valence electrons. The normalized spacial score (nSPS) is 19.4. The first-order valence-corrected chi connectivity index (χ1v) is 11.3. The van der Waals surface area contributed by atoms with Gasteiger partial charge in [0.15, 0.2) is 11.5 Å². The molecule has 1 fully saturated rings. The Balaban J connectivity index is 0.000000497. The minimum Gasteiger partial charge on any atom is -0.764 e. The molecule has 0 amide bonds. The lowest BCUT2D eigenvalue weighted by atomic mass is 9.81. The summed E-state index contributed by atoms with van der Waals surface area (Å²) in [6, 6.07) is 6.07. The first kappa shape index (κ1) is 27.2. The third-order valence-corrected chi connectivity index (χ3v) is 5.44. The van der Waals surface area contributed by atoms with E-state index >= 15 is 0 Å². The molecule has 11 heteroatoms. The van der Waals surface area contributed by atoms with Crippen molar-refractivity contribution < 1.29 is 38.9 Å². The number of quaternary nitrogens is 1. The summed E-state index contributed by atoms with van der Waals surface area (Å²) in [7, 11) is 2.20. The molecule has 3 rings (SSSR count). The Labute approximate surface area is 204 Å². The molecule has 1 aromatic carbocycles. The van der Waals surface area contributed by atoms with Gasteiger partial charge in [0.05, 0.1) is 38.9 Å². The van der Waals surface area contributed by atoms with Crippen molar-refractivity contribution >= 4 is 23.6 Å². The van der Waals surface area contributed by atoms with E-state index in [0.717, 1.165) is 13.2 Å². The van der Waals surface area contributed by atoms with Crippen LogP contribution in [0.25, 0.3) is 0 Å². The smallest absolute Gasteiger partial charge is 0.345 e. The number of esters is 1. The van der Waals surface area contributed by atoms with Crippen molar-refractivity contribution in [3.63, 3.8) is 0 Å². The number of aliphatic hydroxyl groups is 1. The van der Waals surface area contributed by atoms with Crippen LogP contribution in [0.2, 0.25) is 0 Å². The highest BCUT2D eigenvalue weighted by Crippen LogP contribution is 2.41. The van der Waals surface area contributed by atoms with E-state index in [-0.39, 0.29) is 23.7 Å². The summed E-state index contributed by atoms with van der Waals surface area (Å²) in [5.74, 6) is -5.40. The molecule has 2 unspecified atom stereocenters. The SMILES string of the molecule is CCOc1cc(C(C2=C(O)OC(C)(C)OC2=O)C(C#N)C(=N)[S-])ccc1O.C[NH+]1CCOCC1. The Morgan fingerprint density at radius 2 is 1.97 bits per heavy atom. The zero-order valence-electron chi connectivity index (χ0n) is 19.7. The lowest BCUT2D eigenvalue weighted by Crippen LogP contribution is -3.11. The van der Waals surface area contributed by atoms with Crippen LogP contribution in [0.5, 0.6) is 11.5 Å². The second-order valence-corrected chi connectivity index (χ2v) is 8.73. The number of cyclic esters (lactones) is 1. The highest BCUT2D eigenvalue weighted by Gasteiger charge is 2.43. The molecule has 0 aliphatic carbocycles. The second kappa shape index (κ2) is 11.9. The van der Waals surface area contributed by atoms with Gasteiger partial charge in [-0.05, 0) is 24.6 Å². The molecule has 0 aromatic heterocycles. The molecule has 2 heterocycles. The molecule has 0 saturated carbocycles. The lowest BCUT2D eigenvalue weighted by Gasteiger charge is -2.35. The predicted octanol–water partition coefficient (Wildman–Crippen LogP) is 1.15. The quantitative estimate of drug-likeness (QED) is 0.198. The van der Waals surface area contributed by atoms with E-state index in [1.807, 2.05) is 6.07 Å². The number of nitrogens with zero attached hydrogens (tertiary/aromatic N) is 1. The van der Waals surface area contributed by atoms with Crippen LogP contribution in [-0.2, 0) is 31.6 Å². The lowest BCUT2D eigenvalue weighted by molar-refractivity contribution is -0.888. The van der Waals surface area contributed by atoms with Gasteiger partial charge in [-0.3, -0.25) is 0 Å². The number of phenolic OH excluding ortho intramolecular Hbond substituents is 1. The Morgan fingerprint density at radius 3 is 2.44 bits per heavy atom. The molecule has 0 spiro atoms. The number of carbonyl (C=O) groups excluding carboxylic acids is 1. The molecule has 2 aliphatic rings. The fraction of sp³-hybridized carbons (Fsp3) is 0.522. The first-order chi connectivity index (χ1) is 16.0. The molecule has 1 aromatic rings. The van der Waals surface area contributed by atoms with Gasteiger partial charge in [0, 0.05) is 19.8 Å². The number of phenols is 1. The van der Waals surface area contributed by atoms with Gasteiger partial charge in [-0.1, -0.05) is 11.1 Å². The Morgan fingerprint density at radius 1 is 1.32 bits per heavy atom. The monoisotopic (exact) mass is 493 g/mol. The van der Waals surface area contributed by atoms with E-state index in [9.17, 15) is 20.3 Å². The number of aromatic hydroxyl groups is 1. The van der Waals surface area contributed by atoms with Crippen LogP contribution >= 0.6 is 0 Å². The number of morpholine rings is 1. The van der Waals surface area contributed by atoms with E-state index in [1.54, 1.807) is 11.8 Å². The number of nitriles is 1. The first-order valence-electron chi connectivity index (χ1n) is 10.9. The van der Waals surface area contributed by atoms with Crippen LogP contribution in [0.15, 0.2) is 29.7 Å². The van der Waals surface area contributed by atoms with E-state index in [4.69, 9.17) is 37.0 Å². The molecule has 0 radical (unpaired) electrons. The summed E-state index contributed by atoms with van der Waals surface area (Å²) in [6.45, 7) is 9.14. The van der Waals surface area contributed by atoms with E-state index < -0.39 is 34.6 Å². The Bertz CT molecular complexity index is 968. The fourth-order valence-electron chi connectivity index (χ4n) is 3.46. The molecular weight excluding hydrogens is 462 g/mol. The summed E-state index contributed by atoms with van der Waals surface area (Å²) in [5, 5.41) is 37.1. The van der Waals surface area contributed by atoms with E-state index in [0.29, 0.717) is 5.56 Å². The fourth-order valence-corrected chi connectivity index (χ4v) is 3.65. The summed E-state index contributed by atoms with van der Waals surface area (Å²) in [5.41, 5.74) is -0.0113. The van der Waals surface area contributed by atoms with Gasteiger partial charge >= 0.3 is 5.97 Å². The summed E-state index contributed by atoms with van der Waals surface area (Å²) in [6.07, 6.45) is 0. The minimum absolute atomic E-state index is 0.123. The van der Waals surface area contributed by atoms with Crippen LogP contribution in [0.1, 0.15) is 32.3 Å². The summed E-state index contributed by atoms with van der Waals surface area (Å²) < 4.78 is 20.8. The maximum absolute atomic E-state index is 12.5. The Hall–Kier alpha value is -3.07. The molecule has 10 nitrogen and oxygen atoms in total. The molecule has 4 N–H and O–H groups in total. The van der Waals surface area contributed by atoms with Crippen molar-refractivity contribution in [1.82, 2.24) is 0 Å². The number of likely N-dealkylation sites (N-methyl/N-ethyl adjacent to an activating group) is 1. The molecule has 34 heavy (non-hydrogen) atoms. The molecule has 1 saturated heterocycles. The van der Waals surface area contributed by atoms with Gasteiger partial charge in [-0.25, -0.2) is 4.79 Å². The van der Waals surface area contributed by atoms with Crippen LogP contribution in [0.3, 0.4) is 0 Å². The average Bonchev–Trinajstić information content (AvgIpc) is 2.74. The number of hydrogen-bond donors (Lipinski definition) is 4. The van der Waals surface area contributed by atoms with Gasteiger partial charge in [0.25, 0.3) is 11.7 Å².